The summed E-state index contributed by atoms with van der Waals surface area (Å²) < 4.78 is 13.6. The van der Waals surface area contributed by atoms with Crippen LogP contribution in [0.25, 0.3) is 0 Å². The fraction of sp³-hybridized carbons (Fsp3) is 0.533. The van der Waals surface area contributed by atoms with Gasteiger partial charge in [-0.1, -0.05) is 30.5 Å². The van der Waals surface area contributed by atoms with E-state index in [0.29, 0.717) is 10.6 Å². The molecular formula is C15H20ClFN2O. The van der Waals surface area contributed by atoms with Crippen LogP contribution in [0.4, 0.5) is 4.39 Å². The zero-order chi connectivity index (χ0) is 14.5. The van der Waals surface area contributed by atoms with Gasteiger partial charge in [0.05, 0.1) is 6.04 Å². The molecule has 1 fully saturated rings. The first-order valence-electron chi connectivity index (χ1n) is 7.00. The molecule has 0 aliphatic carbocycles. The second kappa shape index (κ2) is 7.04. The number of carbonyl (C=O) groups excluding carboxylic acids is 1. The van der Waals surface area contributed by atoms with E-state index in [1.165, 1.54) is 6.07 Å². The Hall–Kier alpha value is -1.13. The Labute approximate surface area is 124 Å². The van der Waals surface area contributed by atoms with Crippen LogP contribution < -0.4 is 5.32 Å². The molecule has 1 saturated heterocycles. The molecule has 0 bridgehead atoms. The van der Waals surface area contributed by atoms with Gasteiger partial charge in [-0.15, -0.1) is 0 Å². The number of likely N-dealkylation sites (N-methyl/N-ethyl adjacent to an activating group) is 1. The molecule has 1 aliphatic heterocycles. The Kier molecular flexibility index (Phi) is 5.38. The first-order valence-corrected chi connectivity index (χ1v) is 7.38. The molecule has 2 rings (SSSR count). The SMILES string of the molecule is CN1CCCCC[C@@H]1C(=O)NCc1c(F)cccc1Cl. The summed E-state index contributed by atoms with van der Waals surface area (Å²) in [7, 11) is 1.96. The predicted octanol–water partition coefficient (Wildman–Crippen LogP) is 2.97. The van der Waals surface area contributed by atoms with Gasteiger partial charge >= 0.3 is 0 Å². The van der Waals surface area contributed by atoms with Crippen LogP contribution in [-0.4, -0.2) is 30.4 Å². The van der Waals surface area contributed by atoms with E-state index in [2.05, 4.69) is 10.2 Å². The summed E-state index contributed by atoms with van der Waals surface area (Å²) in [5.41, 5.74) is 0.346. The van der Waals surface area contributed by atoms with Crippen LogP contribution in [0, 0.1) is 5.82 Å². The third kappa shape index (κ3) is 3.70. The molecule has 110 valence electrons. The standard InChI is InChI=1S/C15H20ClFN2O/c1-19-9-4-2-3-8-14(19)15(20)18-10-11-12(16)6-5-7-13(11)17/h5-7,14H,2-4,8-10H2,1H3,(H,18,20)/t14-/m1/s1. The molecule has 0 spiro atoms. The molecule has 0 radical (unpaired) electrons. The van der Waals surface area contributed by atoms with Crippen molar-refractivity contribution in [3.8, 4) is 0 Å². The van der Waals surface area contributed by atoms with E-state index in [1.54, 1.807) is 12.1 Å². The number of hydrogen-bond acceptors (Lipinski definition) is 2. The number of halogens is 2. The number of likely N-dealkylation sites (tertiary alicyclic amines) is 1. The first kappa shape index (κ1) is 15.3. The van der Waals surface area contributed by atoms with E-state index >= 15 is 0 Å². The third-order valence-electron chi connectivity index (χ3n) is 3.82. The van der Waals surface area contributed by atoms with Gasteiger partial charge in [0.15, 0.2) is 0 Å². The number of amides is 1. The second-order valence-corrected chi connectivity index (χ2v) is 5.67. The largest absolute Gasteiger partial charge is 0.350 e. The van der Waals surface area contributed by atoms with Crippen molar-refractivity contribution in [3.63, 3.8) is 0 Å². The number of rotatable bonds is 3. The van der Waals surface area contributed by atoms with Gasteiger partial charge in [-0.2, -0.15) is 0 Å². The van der Waals surface area contributed by atoms with Crippen LogP contribution >= 0.6 is 11.6 Å². The minimum atomic E-state index is -0.382. The Balaban J connectivity index is 1.97. The molecule has 1 aromatic rings. The van der Waals surface area contributed by atoms with E-state index in [1.807, 2.05) is 7.05 Å². The van der Waals surface area contributed by atoms with E-state index in [4.69, 9.17) is 11.6 Å². The average Bonchev–Trinajstić information content (AvgIpc) is 2.62. The number of nitrogens with zero attached hydrogens (tertiary/aromatic N) is 1. The van der Waals surface area contributed by atoms with Gasteiger partial charge < -0.3 is 5.32 Å². The highest BCUT2D eigenvalue weighted by Gasteiger charge is 2.24. The maximum absolute atomic E-state index is 13.6. The van der Waals surface area contributed by atoms with E-state index in [9.17, 15) is 9.18 Å². The molecule has 1 aliphatic rings. The molecule has 1 amide bonds. The van der Waals surface area contributed by atoms with E-state index < -0.39 is 0 Å². The van der Waals surface area contributed by atoms with Crippen molar-refractivity contribution in [1.82, 2.24) is 10.2 Å². The summed E-state index contributed by atoms with van der Waals surface area (Å²) in [4.78, 5) is 14.3. The number of benzene rings is 1. The van der Waals surface area contributed by atoms with Gasteiger partial charge in [0.2, 0.25) is 5.91 Å². The fourth-order valence-corrected chi connectivity index (χ4v) is 2.81. The van der Waals surface area contributed by atoms with Crippen molar-refractivity contribution >= 4 is 17.5 Å². The highest BCUT2D eigenvalue weighted by atomic mass is 35.5. The van der Waals surface area contributed by atoms with Gasteiger partial charge in [-0.25, -0.2) is 4.39 Å². The zero-order valence-electron chi connectivity index (χ0n) is 11.7. The maximum atomic E-state index is 13.6. The highest BCUT2D eigenvalue weighted by Crippen LogP contribution is 2.19. The molecule has 1 N–H and O–H groups in total. The van der Waals surface area contributed by atoms with Crippen molar-refractivity contribution in [2.75, 3.05) is 13.6 Å². The van der Waals surface area contributed by atoms with Crippen LogP contribution in [0.1, 0.15) is 31.2 Å². The lowest BCUT2D eigenvalue weighted by molar-refractivity contribution is -0.126. The average molecular weight is 299 g/mol. The lowest BCUT2D eigenvalue weighted by atomic mass is 10.1. The maximum Gasteiger partial charge on any atom is 0.237 e. The molecule has 1 aromatic carbocycles. The zero-order valence-corrected chi connectivity index (χ0v) is 12.4. The van der Waals surface area contributed by atoms with Crippen LogP contribution in [0.2, 0.25) is 5.02 Å². The molecule has 1 heterocycles. The van der Waals surface area contributed by atoms with Crippen LogP contribution in [0.5, 0.6) is 0 Å². The van der Waals surface area contributed by atoms with Crippen molar-refractivity contribution in [2.45, 2.75) is 38.3 Å². The molecule has 1 atom stereocenters. The third-order valence-corrected chi connectivity index (χ3v) is 4.18. The highest BCUT2D eigenvalue weighted by molar-refractivity contribution is 6.31. The van der Waals surface area contributed by atoms with Crippen LogP contribution in [-0.2, 0) is 11.3 Å². The van der Waals surface area contributed by atoms with Crippen molar-refractivity contribution in [2.24, 2.45) is 0 Å². The summed E-state index contributed by atoms with van der Waals surface area (Å²) in [5, 5.41) is 3.15. The van der Waals surface area contributed by atoms with Crippen molar-refractivity contribution < 1.29 is 9.18 Å². The topological polar surface area (TPSA) is 32.3 Å². The Morgan fingerprint density at radius 3 is 3.00 bits per heavy atom. The minimum absolute atomic E-state index is 0.0475. The van der Waals surface area contributed by atoms with Gasteiger partial charge in [0, 0.05) is 17.1 Å². The first-order chi connectivity index (χ1) is 9.59. The van der Waals surface area contributed by atoms with Gasteiger partial charge in [-0.05, 0) is 38.6 Å². The number of nitrogens with one attached hydrogen (secondary N) is 1. The second-order valence-electron chi connectivity index (χ2n) is 5.26. The minimum Gasteiger partial charge on any atom is -0.350 e. The monoisotopic (exact) mass is 298 g/mol. The molecule has 0 aromatic heterocycles. The molecular weight excluding hydrogens is 279 g/mol. The van der Waals surface area contributed by atoms with Gasteiger partial charge in [0.25, 0.3) is 0 Å². The number of carbonyl (C=O) groups is 1. The summed E-state index contributed by atoms with van der Waals surface area (Å²) in [6, 6.07) is 4.42. The lowest BCUT2D eigenvalue weighted by Gasteiger charge is -2.24. The van der Waals surface area contributed by atoms with Gasteiger partial charge in [-0.3, -0.25) is 9.69 Å². The van der Waals surface area contributed by atoms with E-state index in [-0.39, 0.29) is 24.3 Å². The summed E-state index contributed by atoms with van der Waals surface area (Å²) in [5.74, 6) is -0.430. The molecule has 0 unspecified atom stereocenters. The Bertz CT molecular complexity index is 461. The molecule has 5 heteroatoms. The van der Waals surface area contributed by atoms with Crippen molar-refractivity contribution in [3.05, 3.63) is 34.6 Å². The summed E-state index contributed by atoms with van der Waals surface area (Å²) in [6.45, 7) is 1.06. The summed E-state index contributed by atoms with van der Waals surface area (Å²) >= 11 is 5.95. The Morgan fingerprint density at radius 2 is 2.25 bits per heavy atom. The molecule has 0 saturated carbocycles. The van der Waals surface area contributed by atoms with Crippen molar-refractivity contribution in [1.29, 1.82) is 0 Å². The predicted molar refractivity (Wildman–Crippen MR) is 78.1 cm³/mol. The lowest BCUT2D eigenvalue weighted by Crippen LogP contribution is -2.44. The van der Waals surface area contributed by atoms with Gasteiger partial charge in [0.1, 0.15) is 5.82 Å². The number of hydrogen-bond donors (Lipinski definition) is 1. The fourth-order valence-electron chi connectivity index (χ4n) is 2.58. The molecule has 20 heavy (non-hydrogen) atoms. The van der Waals surface area contributed by atoms with E-state index in [0.717, 1.165) is 32.2 Å². The smallest absolute Gasteiger partial charge is 0.237 e. The summed E-state index contributed by atoms with van der Waals surface area (Å²) in [6.07, 6.45) is 4.20. The quantitative estimate of drug-likeness (QED) is 0.930. The Morgan fingerprint density at radius 1 is 1.45 bits per heavy atom. The van der Waals surface area contributed by atoms with Crippen LogP contribution in [0.3, 0.4) is 0 Å². The normalized spacial score (nSPS) is 20.4. The van der Waals surface area contributed by atoms with Crippen LogP contribution in [0.15, 0.2) is 18.2 Å². The molecule has 3 nitrogen and oxygen atoms in total.